The molecule has 19 heavy (non-hydrogen) atoms. The van der Waals surface area contributed by atoms with Gasteiger partial charge in [-0.05, 0) is 19.1 Å². The van der Waals surface area contributed by atoms with Crippen LogP contribution in [0.4, 0.5) is 5.69 Å². The number of nitrogens with one attached hydrogen (secondary N) is 1. The van der Waals surface area contributed by atoms with Crippen molar-refractivity contribution in [1.82, 2.24) is 4.72 Å². The molecule has 0 aliphatic rings. The molecule has 0 bridgehead atoms. The Bertz CT molecular complexity index is 635. The Kier molecular flexibility index (Phi) is 4.42. The van der Waals surface area contributed by atoms with Gasteiger partial charge in [-0.3, -0.25) is 10.1 Å². The fourth-order valence-corrected chi connectivity index (χ4v) is 2.47. The van der Waals surface area contributed by atoms with E-state index in [0.29, 0.717) is 0 Å². The molecule has 0 aliphatic heterocycles. The van der Waals surface area contributed by atoms with Crippen LogP contribution >= 0.6 is 0 Å². The number of nitrogens with zero attached hydrogens (tertiary/aromatic N) is 2. The zero-order valence-electron chi connectivity index (χ0n) is 10.2. The fourth-order valence-electron chi connectivity index (χ4n) is 1.31. The average Bonchev–Trinajstić information content (AvgIpc) is 2.37. The van der Waals surface area contributed by atoms with Crippen LogP contribution in [0.1, 0.15) is 6.92 Å². The lowest BCUT2D eigenvalue weighted by Gasteiger charge is -2.08. The standard InChI is InChI=1S/C10H11N3O5S/c1-7(6-11)12-19(16,17)8-3-4-10(18-2)9(5-8)13(14)15/h3-5,7,12H,1-2H3. The van der Waals surface area contributed by atoms with Crippen molar-refractivity contribution in [2.45, 2.75) is 17.9 Å². The lowest BCUT2D eigenvalue weighted by atomic mass is 10.3. The highest BCUT2D eigenvalue weighted by molar-refractivity contribution is 7.89. The molecular weight excluding hydrogens is 274 g/mol. The van der Waals surface area contributed by atoms with Crippen molar-refractivity contribution in [1.29, 1.82) is 5.26 Å². The monoisotopic (exact) mass is 285 g/mol. The van der Waals surface area contributed by atoms with E-state index >= 15 is 0 Å². The molecule has 0 fully saturated rings. The van der Waals surface area contributed by atoms with Gasteiger partial charge in [0.1, 0.15) is 6.04 Å². The Morgan fingerprint density at radius 3 is 2.63 bits per heavy atom. The summed E-state index contributed by atoms with van der Waals surface area (Å²) >= 11 is 0. The van der Waals surface area contributed by atoms with E-state index in [2.05, 4.69) is 4.72 Å². The van der Waals surface area contributed by atoms with Gasteiger partial charge >= 0.3 is 5.69 Å². The second-order valence-corrected chi connectivity index (χ2v) is 5.28. The van der Waals surface area contributed by atoms with Crippen molar-refractivity contribution in [3.63, 3.8) is 0 Å². The maximum atomic E-state index is 11.9. The van der Waals surface area contributed by atoms with Crippen molar-refractivity contribution < 1.29 is 18.1 Å². The van der Waals surface area contributed by atoms with Crippen LogP contribution in [0, 0.1) is 21.4 Å². The summed E-state index contributed by atoms with van der Waals surface area (Å²) in [6.45, 7) is 1.36. The molecule has 0 amide bonds. The third kappa shape index (κ3) is 3.40. The van der Waals surface area contributed by atoms with E-state index in [4.69, 9.17) is 10.00 Å². The largest absolute Gasteiger partial charge is 0.490 e. The molecule has 1 aromatic rings. The molecule has 102 valence electrons. The predicted molar refractivity (Wildman–Crippen MR) is 65.0 cm³/mol. The van der Waals surface area contributed by atoms with Gasteiger partial charge < -0.3 is 4.74 Å². The number of nitriles is 1. The van der Waals surface area contributed by atoms with Gasteiger partial charge in [0.25, 0.3) is 0 Å². The zero-order chi connectivity index (χ0) is 14.6. The SMILES string of the molecule is COc1ccc(S(=O)(=O)NC(C)C#N)cc1[N+](=O)[O-]. The van der Waals surface area contributed by atoms with Crippen LogP contribution < -0.4 is 9.46 Å². The smallest absolute Gasteiger partial charge is 0.312 e. The zero-order valence-corrected chi connectivity index (χ0v) is 11.0. The molecule has 1 rings (SSSR count). The molecule has 0 spiro atoms. The summed E-state index contributed by atoms with van der Waals surface area (Å²) in [6, 6.07) is 3.99. The minimum atomic E-state index is -3.99. The molecule has 1 unspecified atom stereocenters. The van der Waals surface area contributed by atoms with Crippen LogP contribution in [0.2, 0.25) is 0 Å². The second-order valence-electron chi connectivity index (χ2n) is 3.56. The van der Waals surface area contributed by atoms with Gasteiger partial charge in [0.05, 0.1) is 23.0 Å². The van der Waals surface area contributed by atoms with E-state index in [1.807, 2.05) is 0 Å². The fraction of sp³-hybridized carbons (Fsp3) is 0.300. The minimum Gasteiger partial charge on any atom is -0.490 e. The number of nitro groups is 1. The summed E-state index contributed by atoms with van der Waals surface area (Å²) in [7, 11) is -2.74. The van der Waals surface area contributed by atoms with Crippen LogP contribution in [0.25, 0.3) is 0 Å². The van der Waals surface area contributed by atoms with E-state index in [0.717, 1.165) is 12.1 Å². The minimum absolute atomic E-state index is 0.0442. The van der Waals surface area contributed by atoms with Crippen LogP contribution in [0.3, 0.4) is 0 Å². The van der Waals surface area contributed by atoms with Gasteiger partial charge in [-0.25, -0.2) is 8.42 Å². The summed E-state index contributed by atoms with van der Waals surface area (Å²) in [5.41, 5.74) is -0.463. The Morgan fingerprint density at radius 1 is 1.53 bits per heavy atom. The highest BCUT2D eigenvalue weighted by Crippen LogP contribution is 2.29. The molecule has 0 aliphatic carbocycles. The first kappa shape index (κ1) is 14.9. The van der Waals surface area contributed by atoms with Crippen molar-refractivity contribution in [3.8, 4) is 11.8 Å². The van der Waals surface area contributed by atoms with Gasteiger partial charge in [0.15, 0.2) is 5.75 Å². The van der Waals surface area contributed by atoms with E-state index in [9.17, 15) is 18.5 Å². The van der Waals surface area contributed by atoms with Crippen molar-refractivity contribution in [2.75, 3.05) is 7.11 Å². The van der Waals surface area contributed by atoms with Gasteiger partial charge in [-0.2, -0.15) is 9.98 Å². The average molecular weight is 285 g/mol. The molecule has 1 N–H and O–H groups in total. The highest BCUT2D eigenvalue weighted by Gasteiger charge is 2.23. The molecule has 1 atom stereocenters. The highest BCUT2D eigenvalue weighted by atomic mass is 32.2. The molecular formula is C10H11N3O5S. The first-order chi connectivity index (χ1) is 8.81. The van der Waals surface area contributed by atoms with E-state index < -0.39 is 26.7 Å². The summed E-state index contributed by atoms with van der Waals surface area (Å²) in [4.78, 5) is 9.75. The number of rotatable bonds is 5. The second kappa shape index (κ2) is 5.64. The van der Waals surface area contributed by atoms with E-state index in [1.165, 1.54) is 20.1 Å². The molecule has 0 saturated heterocycles. The molecule has 0 radical (unpaired) electrons. The summed E-state index contributed by atoms with van der Waals surface area (Å²) in [5, 5.41) is 19.4. The summed E-state index contributed by atoms with van der Waals surface area (Å²) in [6.07, 6.45) is 0. The molecule has 1 aromatic carbocycles. The Balaban J connectivity index is 3.26. The molecule has 8 nitrogen and oxygen atoms in total. The summed E-state index contributed by atoms with van der Waals surface area (Å²) < 4.78 is 30.5. The molecule has 0 saturated carbocycles. The van der Waals surface area contributed by atoms with Crippen molar-refractivity contribution >= 4 is 15.7 Å². The maximum Gasteiger partial charge on any atom is 0.312 e. The van der Waals surface area contributed by atoms with Crippen LogP contribution in [-0.2, 0) is 10.0 Å². The predicted octanol–water partition coefficient (Wildman–Crippen LogP) is 0.794. The van der Waals surface area contributed by atoms with E-state index in [1.54, 1.807) is 6.07 Å². The first-order valence-corrected chi connectivity index (χ1v) is 6.54. The first-order valence-electron chi connectivity index (χ1n) is 5.06. The Morgan fingerprint density at radius 2 is 2.16 bits per heavy atom. The van der Waals surface area contributed by atoms with Crippen LogP contribution in [0.15, 0.2) is 23.1 Å². The van der Waals surface area contributed by atoms with Gasteiger partial charge in [-0.1, -0.05) is 0 Å². The lowest BCUT2D eigenvalue weighted by molar-refractivity contribution is -0.386. The third-order valence-corrected chi connectivity index (χ3v) is 3.72. The number of hydrogen-bond acceptors (Lipinski definition) is 6. The topological polar surface area (TPSA) is 122 Å². The number of hydrogen-bond donors (Lipinski definition) is 1. The van der Waals surface area contributed by atoms with Crippen LogP contribution in [0.5, 0.6) is 5.75 Å². The molecule has 0 aromatic heterocycles. The number of sulfonamides is 1. The number of ether oxygens (including phenoxy) is 1. The molecule has 9 heteroatoms. The number of benzene rings is 1. The maximum absolute atomic E-state index is 11.9. The number of nitro benzene ring substituents is 1. The van der Waals surface area contributed by atoms with Gasteiger partial charge in [0.2, 0.25) is 10.0 Å². The summed E-state index contributed by atoms with van der Waals surface area (Å²) in [5.74, 6) is -0.0442. The normalized spacial score (nSPS) is 12.5. The van der Waals surface area contributed by atoms with Crippen molar-refractivity contribution in [2.24, 2.45) is 0 Å². The van der Waals surface area contributed by atoms with Gasteiger partial charge in [0, 0.05) is 6.07 Å². The lowest BCUT2D eigenvalue weighted by Crippen LogP contribution is -2.31. The Labute approximate surface area is 109 Å². The van der Waals surface area contributed by atoms with Gasteiger partial charge in [-0.15, -0.1) is 0 Å². The van der Waals surface area contributed by atoms with Crippen LogP contribution in [-0.4, -0.2) is 26.5 Å². The van der Waals surface area contributed by atoms with Crippen molar-refractivity contribution in [3.05, 3.63) is 28.3 Å². The molecule has 0 heterocycles. The Hall–Kier alpha value is -2.18. The van der Waals surface area contributed by atoms with E-state index in [-0.39, 0.29) is 10.6 Å². The number of methoxy groups -OCH3 is 1. The quantitative estimate of drug-likeness (QED) is 0.630. The third-order valence-electron chi connectivity index (χ3n) is 2.18.